The summed E-state index contributed by atoms with van der Waals surface area (Å²) in [6, 6.07) is 6.23. The molecule has 0 aliphatic heterocycles. The number of anilines is 1. The Morgan fingerprint density at radius 1 is 1.20 bits per heavy atom. The zero-order valence-electron chi connectivity index (χ0n) is 11.3. The lowest BCUT2D eigenvalue weighted by molar-refractivity contribution is 0.372. The number of rotatable bonds is 8. The standard InChI is InChI=1S/C12H20NO5PS/c1-2-3-6-9-20(17,18)13-12-8-5-4-7-11(12)10-19(14,15)16/h4-5,7-8,13H,2-3,6,9-10H2,1H3,(H2,14,15,16). The second-order valence-corrected chi connectivity index (χ2v) is 8.10. The van der Waals surface area contributed by atoms with Crippen LogP contribution in [0.25, 0.3) is 0 Å². The molecule has 3 N–H and O–H groups in total. The van der Waals surface area contributed by atoms with Gasteiger partial charge in [-0.1, -0.05) is 38.0 Å². The van der Waals surface area contributed by atoms with E-state index in [-0.39, 0.29) is 11.4 Å². The van der Waals surface area contributed by atoms with E-state index in [1.165, 1.54) is 12.1 Å². The van der Waals surface area contributed by atoms with Crippen LogP contribution in [0.4, 0.5) is 5.69 Å². The Morgan fingerprint density at radius 2 is 1.85 bits per heavy atom. The number of benzene rings is 1. The molecule has 0 amide bonds. The maximum absolute atomic E-state index is 11.9. The minimum absolute atomic E-state index is 0.00504. The van der Waals surface area contributed by atoms with Crippen molar-refractivity contribution in [2.75, 3.05) is 10.5 Å². The van der Waals surface area contributed by atoms with Crippen LogP contribution >= 0.6 is 7.60 Å². The van der Waals surface area contributed by atoms with Crippen molar-refractivity contribution in [1.29, 1.82) is 0 Å². The van der Waals surface area contributed by atoms with Crippen LogP contribution in [0.15, 0.2) is 24.3 Å². The first-order valence-electron chi connectivity index (χ1n) is 6.36. The average molecular weight is 321 g/mol. The first-order valence-corrected chi connectivity index (χ1v) is 9.81. The third-order valence-corrected chi connectivity index (χ3v) is 4.79. The molecule has 0 saturated heterocycles. The third kappa shape index (κ3) is 6.52. The molecule has 0 aliphatic carbocycles. The highest BCUT2D eigenvalue weighted by molar-refractivity contribution is 7.92. The van der Waals surface area contributed by atoms with Gasteiger partial charge in [0, 0.05) is 0 Å². The SMILES string of the molecule is CCCCCS(=O)(=O)Nc1ccccc1CP(=O)(O)O. The Balaban J connectivity index is 2.84. The van der Waals surface area contributed by atoms with E-state index in [1.54, 1.807) is 12.1 Å². The maximum atomic E-state index is 11.9. The third-order valence-electron chi connectivity index (χ3n) is 2.68. The van der Waals surface area contributed by atoms with Gasteiger partial charge in [-0.05, 0) is 18.1 Å². The van der Waals surface area contributed by atoms with Gasteiger partial charge in [0.15, 0.2) is 0 Å². The molecule has 1 aromatic carbocycles. The number of nitrogens with one attached hydrogen (secondary N) is 1. The fourth-order valence-corrected chi connectivity index (χ4v) is 3.68. The number of para-hydroxylation sites is 1. The largest absolute Gasteiger partial charge is 0.329 e. The topological polar surface area (TPSA) is 104 Å². The molecule has 114 valence electrons. The van der Waals surface area contributed by atoms with Crippen molar-refractivity contribution in [3.8, 4) is 0 Å². The quantitative estimate of drug-likeness (QED) is 0.503. The van der Waals surface area contributed by atoms with Gasteiger partial charge in [-0.2, -0.15) is 0 Å². The minimum Gasteiger partial charge on any atom is -0.324 e. The zero-order valence-corrected chi connectivity index (χ0v) is 13.0. The van der Waals surface area contributed by atoms with Crippen LogP contribution in [0.1, 0.15) is 31.7 Å². The van der Waals surface area contributed by atoms with Crippen LogP contribution in [0.5, 0.6) is 0 Å². The summed E-state index contributed by atoms with van der Waals surface area (Å²) >= 11 is 0. The van der Waals surface area contributed by atoms with Crippen molar-refractivity contribution in [3.63, 3.8) is 0 Å². The number of unbranched alkanes of at least 4 members (excludes halogenated alkanes) is 2. The van der Waals surface area contributed by atoms with Crippen LogP contribution in [0.2, 0.25) is 0 Å². The van der Waals surface area contributed by atoms with E-state index >= 15 is 0 Å². The van der Waals surface area contributed by atoms with Crippen molar-refractivity contribution in [3.05, 3.63) is 29.8 Å². The molecular formula is C12H20NO5PS. The second-order valence-electron chi connectivity index (χ2n) is 4.61. The summed E-state index contributed by atoms with van der Waals surface area (Å²) in [5.41, 5.74) is 0.521. The predicted molar refractivity (Wildman–Crippen MR) is 79.1 cm³/mol. The van der Waals surface area contributed by atoms with E-state index in [2.05, 4.69) is 4.72 Å². The summed E-state index contributed by atoms with van der Waals surface area (Å²) in [6.45, 7) is 1.98. The lowest BCUT2D eigenvalue weighted by Crippen LogP contribution is -2.17. The Hall–Kier alpha value is -0.880. The van der Waals surface area contributed by atoms with Gasteiger partial charge in [0.2, 0.25) is 10.0 Å². The normalized spacial score (nSPS) is 12.3. The van der Waals surface area contributed by atoms with Crippen molar-refractivity contribution < 1.29 is 22.8 Å². The van der Waals surface area contributed by atoms with Crippen molar-refractivity contribution >= 4 is 23.3 Å². The van der Waals surface area contributed by atoms with Crippen LogP contribution in [0.3, 0.4) is 0 Å². The van der Waals surface area contributed by atoms with Gasteiger partial charge in [0.1, 0.15) is 0 Å². The molecule has 0 radical (unpaired) electrons. The van der Waals surface area contributed by atoms with Gasteiger partial charge >= 0.3 is 7.60 Å². The van der Waals surface area contributed by atoms with Gasteiger partial charge in [-0.15, -0.1) is 0 Å². The van der Waals surface area contributed by atoms with E-state index in [4.69, 9.17) is 9.79 Å². The molecule has 0 spiro atoms. The molecule has 1 rings (SSSR count). The predicted octanol–water partition coefficient (Wildman–Crippen LogP) is 2.30. The molecule has 0 saturated carbocycles. The van der Waals surface area contributed by atoms with Gasteiger partial charge in [-0.3, -0.25) is 9.29 Å². The minimum atomic E-state index is -4.24. The Bertz CT molecular complexity index is 581. The average Bonchev–Trinajstić information content (AvgIpc) is 2.30. The van der Waals surface area contributed by atoms with E-state index in [1.807, 2.05) is 6.92 Å². The fraction of sp³-hybridized carbons (Fsp3) is 0.500. The van der Waals surface area contributed by atoms with E-state index in [0.717, 1.165) is 12.8 Å². The molecule has 0 aromatic heterocycles. The molecule has 20 heavy (non-hydrogen) atoms. The van der Waals surface area contributed by atoms with E-state index < -0.39 is 23.8 Å². The van der Waals surface area contributed by atoms with Gasteiger partial charge in [0.25, 0.3) is 0 Å². The van der Waals surface area contributed by atoms with Crippen LogP contribution in [-0.4, -0.2) is 24.0 Å². The molecule has 0 unspecified atom stereocenters. The lowest BCUT2D eigenvalue weighted by Gasteiger charge is -2.13. The molecular weight excluding hydrogens is 301 g/mol. The molecule has 0 aliphatic rings. The molecule has 0 fully saturated rings. The molecule has 6 nitrogen and oxygen atoms in total. The Labute approximate surface area is 119 Å². The van der Waals surface area contributed by atoms with Crippen LogP contribution < -0.4 is 4.72 Å². The molecule has 1 aromatic rings. The summed E-state index contributed by atoms with van der Waals surface area (Å²) in [6.07, 6.45) is 1.82. The van der Waals surface area contributed by atoms with E-state index in [0.29, 0.717) is 12.0 Å². The fourth-order valence-electron chi connectivity index (χ4n) is 1.74. The van der Waals surface area contributed by atoms with Gasteiger partial charge in [-0.25, -0.2) is 8.42 Å². The van der Waals surface area contributed by atoms with Crippen molar-refractivity contribution in [2.24, 2.45) is 0 Å². The van der Waals surface area contributed by atoms with Gasteiger partial charge < -0.3 is 9.79 Å². The summed E-state index contributed by atoms with van der Waals surface area (Å²) in [5.74, 6) is 0.00504. The van der Waals surface area contributed by atoms with Crippen molar-refractivity contribution in [2.45, 2.75) is 32.3 Å². The molecule has 0 atom stereocenters. The first kappa shape index (κ1) is 17.2. The monoisotopic (exact) mass is 321 g/mol. The highest BCUT2D eigenvalue weighted by Crippen LogP contribution is 2.41. The molecule has 0 heterocycles. The van der Waals surface area contributed by atoms with Crippen molar-refractivity contribution in [1.82, 2.24) is 0 Å². The Morgan fingerprint density at radius 3 is 2.45 bits per heavy atom. The summed E-state index contributed by atoms with van der Waals surface area (Å²) in [7, 11) is -7.73. The molecule has 8 heteroatoms. The number of hydrogen-bond donors (Lipinski definition) is 3. The summed E-state index contributed by atoms with van der Waals surface area (Å²) in [4.78, 5) is 18.0. The van der Waals surface area contributed by atoms with Crippen LogP contribution in [0, 0.1) is 0 Å². The highest BCUT2D eigenvalue weighted by Gasteiger charge is 2.18. The Kier molecular flexibility index (Phi) is 6.20. The first-order chi connectivity index (χ1) is 9.23. The number of sulfonamides is 1. The van der Waals surface area contributed by atoms with E-state index in [9.17, 15) is 13.0 Å². The lowest BCUT2D eigenvalue weighted by atomic mass is 10.2. The van der Waals surface area contributed by atoms with Gasteiger partial charge in [0.05, 0.1) is 17.6 Å². The van der Waals surface area contributed by atoms with Crippen LogP contribution in [-0.2, 0) is 20.8 Å². The highest BCUT2D eigenvalue weighted by atomic mass is 32.2. The number of hydrogen-bond acceptors (Lipinski definition) is 3. The maximum Gasteiger partial charge on any atom is 0.329 e. The second kappa shape index (κ2) is 7.22. The summed E-state index contributed by atoms with van der Waals surface area (Å²) in [5, 5.41) is 0. The molecule has 0 bridgehead atoms. The summed E-state index contributed by atoms with van der Waals surface area (Å²) < 4.78 is 37.2. The smallest absolute Gasteiger partial charge is 0.324 e. The zero-order chi connectivity index (χ0) is 15.2.